The van der Waals surface area contributed by atoms with Crippen molar-refractivity contribution in [2.45, 2.75) is 111 Å². The zero-order valence-corrected chi connectivity index (χ0v) is 20.4. The van der Waals surface area contributed by atoms with Crippen LogP contribution in [0, 0.1) is 51.8 Å². The van der Waals surface area contributed by atoms with Gasteiger partial charge in [-0.1, -0.05) is 41.0 Å². The minimum Gasteiger partial charge on any atom is -0.481 e. The van der Waals surface area contributed by atoms with Gasteiger partial charge in [-0.25, -0.2) is 0 Å². The molecule has 4 saturated carbocycles. The standard InChI is InChI=1S/C27H46O4/c1-6-18-21-15-17(28)9-12-25(21,3)20-11-13-26(4)19(16(2)7-8-22(29)30)10-14-27(26,5)23(20)24(18)31/h16-21,23-24,28,31H,6-15H2,1-5H3,(H,29,30)/t16-,17-,18-,19-,20?,21+,23?,24-,25-,26-,27-/m1/s1. The van der Waals surface area contributed by atoms with E-state index in [9.17, 15) is 20.1 Å². The molecule has 4 heteroatoms. The van der Waals surface area contributed by atoms with Crippen molar-refractivity contribution in [1.29, 1.82) is 0 Å². The van der Waals surface area contributed by atoms with Crippen molar-refractivity contribution in [3.05, 3.63) is 0 Å². The first-order valence-electron chi connectivity index (χ1n) is 13.1. The average molecular weight is 435 g/mol. The maximum absolute atomic E-state index is 11.9. The van der Waals surface area contributed by atoms with Crippen LogP contribution in [-0.2, 0) is 4.79 Å². The van der Waals surface area contributed by atoms with Crippen LogP contribution in [0.1, 0.15) is 98.8 Å². The summed E-state index contributed by atoms with van der Waals surface area (Å²) in [4.78, 5) is 11.2. The molecule has 0 heterocycles. The molecule has 4 nitrogen and oxygen atoms in total. The minimum atomic E-state index is -0.687. The lowest BCUT2D eigenvalue weighted by atomic mass is 9.38. The lowest BCUT2D eigenvalue weighted by Gasteiger charge is -2.68. The van der Waals surface area contributed by atoms with E-state index in [2.05, 4.69) is 34.6 Å². The minimum absolute atomic E-state index is 0.106. The molecule has 0 saturated heterocycles. The third-order valence-electron chi connectivity index (χ3n) is 11.8. The SMILES string of the molecule is CC[C@H]1[C@@H](O)C2C(CC[C@]3(C)[C@@H]([C@H](C)CCC(=O)O)CC[C@]23C)[C@@]2(C)CC[C@@H](O)C[C@@H]12. The van der Waals surface area contributed by atoms with Gasteiger partial charge in [-0.2, -0.15) is 0 Å². The largest absolute Gasteiger partial charge is 0.481 e. The second-order valence-electron chi connectivity index (χ2n) is 12.7. The van der Waals surface area contributed by atoms with Crippen molar-refractivity contribution in [2.24, 2.45) is 51.8 Å². The van der Waals surface area contributed by atoms with Crippen LogP contribution in [0.5, 0.6) is 0 Å². The summed E-state index contributed by atoms with van der Waals surface area (Å²) in [5, 5.41) is 31.5. The van der Waals surface area contributed by atoms with E-state index in [1.807, 2.05) is 0 Å². The monoisotopic (exact) mass is 434 g/mol. The van der Waals surface area contributed by atoms with E-state index in [1.165, 1.54) is 19.3 Å². The Hall–Kier alpha value is -0.610. The number of rotatable bonds is 5. The smallest absolute Gasteiger partial charge is 0.303 e. The summed E-state index contributed by atoms with van der Waals surface area (Å²) in [6, 6.07) is 0. The molecule has 4 aliphatic carbocycles. The van der Waals surface area contributed by atoms with Gasteiger partial charge in [-0.15, -0.1) is 0 Å². The topological polar surface area (TPSA) is 77.8 Å². The van der Waals surface area contributed by atoms with Gasteiger partial charge in [-0.05, 0) is 103 Å². The molecule has 0 amide bonds. The summed E-state index contributed by atoms with van der Waals surface area (Å²) >= 11 is 0. The van der Waals surface area contributed by atoms with E-state index in [4.69, 9.17) is 0 Å². The molecule has 0 radical (unpaired) electrons. The van der Waals surface area contributed by atoms with Crippen LogP contribution in [0.25, 0.3) is 0 Å². The van der Waals surface area contributed by atoms with Crippen LogP contribution in [0.4, 0.5) is 0 Å². The summed E-state index contributed by atoms with van der Waals surface area (Å²) in [7, 11) is 0. The molecule has 0 aromatic rings. The molecule has 4 rings (SSSR count). The number of aliphatic carboxylic acids is 1. The number of hydrogen-bond donors (Lipinski definition) is 3. The Morgan fingerprint density at radius 3 is 2.32 bits per heavy atom. The van der Waals surface area contributed by atoms with Crippen LogP contribution < -0.4 is 0 Å². The quantitative estimate of drug-likeness (QED) is 0.533. The Morgan fingerprint density at radius 1 is 1.00 bits per heavy atom. The summed E-state index contributed by atoms with van der Waals surface area (Å²) in [5.41, 5.74) is 0.499. The highest BCUT2D eigenvalue weighted by molar-refractivity contribution is 5.66. The molecule has 0 aliphatic heterocycles. The maximum atomic E-state index is 11.9. The molecule has 4 fully saturated rings. The van der Waals surface area contributed by atoms with Crippen molar-refractivity contribution < 1.29 is 20.1 Å². The van der Waals surface area contributed by atoms with Crippen LogP contribution in [0.3, 0.4) is 0 Å². The van der Waals surface area contributed by atoms with Crippen LogP contribution in [0.2, 0.25) is 0 Å². The highest BCUT2D eigenvalue weighted by atomic mass is 16.4. The van der Waals surface area contributed by atoms with Crippen LogP contribution in [0.15, 0.2) is 0 Å². The Bertz CT molecular complexity index is 693. The second-order valence-corrected chi connectivity index (χ2v) is 12.7. The molecular formula is C27H46O4. The number of carboxylic acid groups (broad SMARTS) is 1. The van der Waals surface area contributed by atoms with E-state index in [0.717, 1.165) is 38.5 Å². The lowest BCUT2D eigenvalue weighted by Crippen LogP contribution is -2.65. The van der Waals surface area contributed by atoms with Gasteiger partial charge in [0.15, 0.2) is 0 Å². The predicted molar refractivity (Wildman–Crippen MR) is 122 cm³/mol. The first-order valence-corrected chi connectivity index (χ1v) is 13.1. The fourth-order valence-electron chi connectivity index (χ4n) is 9.90. The summed E-state index contributed by atoms with van der Waals surface area (Å²) in [6.45, 7) is 11.9. The third kappa shape index (κ3) is 3.33. The highest BCUT2D eigenvalue weighted by Crippen LogP contribution is 2.74. The fourth-order valence-corrected chi connectivity index (χ4v) is 9.90. The molecule has 31 heavy (non-hydrogen) atoms. The van der Waals surface area contributed by atoms with Gasteiger partial charge >= 0.3 is 5.97 Å². The number of aliphatic hydroxyl groups excluding tert-OH is 2. The fraction of sp³-hybridized carbons (Fsp3) is 0.963. The van der Waals surface area contributed by atoms with Crippen LogP contribution in [-0.4, -0.2) is 33.5 Å². The summed E-state index contributed by atoms with van der Waals surface area (Å²) in [6.07, 6.45) is 9.08. The Morgan fingerprint density at radius 2 is 1.68 bits per heavy atom. The Kier molecular flexibility index (Phi) is 6.08. The van der Waals surface area contributed by atoms with E-state index in [1.54, 1.807) is 0 Å². The molecule has 178 valence electrons. The van der Waals surface area contributed by atoms with Crippen molar-refractivity contribution in [3.63, 3.8) is 0 Å². The number of carboxylic acids is 1. The Balaban J connectivity index is 1.67. The van der Waals surface area contributed by atoms with Crippen molar-refractivity contribution in [2.75, 3.05) is 0 Å². The lowest BCUT2D eigenvalue weighted by molar-refractivity contribution is -0.230. The first kappa shape index (κ1) is 23.5. The zero-order chi connectivity index (χ0) is 22.8. The van der Waals surface area contributed by atoms with Gasteiger partial charge in [0.1, 0.15) is 0 Å². The number of hydrogen-bond acceptors (Lipinski definition) is 3. The van der Waals surface area contributed by atoms with E-state index < -0.39 is 5.97 Å². The van der Waals surface area contributed by atoms with Gasteiger partial charge < -0.3 is 15.3 Å². The van der Waals surface area contributed by atoms with Crippen molar-refractivity contribution in [1.82, 2.24) is 0 Å². The van der Waals surface area contributed by atoms with Gasteiger partial charge in [0, 0.05) is 6.42 Å². The number of fused-ring (bicyclic) bond motifs is 5. The maximum Gasteiger partial charge on any atom is 0.303 e. The van der Waals surface area contributed by atoms with Gasteiger partial charge in [-0.3, -0.25) is 4.79 Å². The molecule has 0 bridgehead atoms. The zero-order valence-electron chi connectivity index (χ0n) is 20.4. The molecule has 0 aromatic carbocycles. The van der Waals surface area contributed by atoms with E-state index >= 15 is 0 Å². The molecule has 2 unspecified atom stereocenters. The predicted octanol–water partition coefficient (Wildman–Crippen LogP) is 5.50. The molecule has 0 aromatic heterocycles. The van der Waals surface area contributed by atoms with E-state index in [0.29, 0.717) is 29.6 Å². The van der Waals surface area contributed by atoms with Crippen LogP contribution >= 0.6 is 0 Å². The number of aliphatic hydroxyl groups is 2. The van der Waals surface area contributed by atoms with Gasteiger partial charge in [0.2, 0.25) is 0 Å². The number of carbonyl (C=O) groups is 1. The molecular weight excluding hydrogens is 388 g/mol. The normalized spacial score (nSPS) is 52.7. The van der Waals surface area contributed by atoms with Crippen molar-refractivity contribution in [3.8, 4) is 0 Å². The molecule has 0 spiro atoms. The highest BCUT2D eigenvalue weighted by Gasteiger charge is 2.69. The van der Waals surface area contributed by atoms with Crippen molar-refractivity contribution >= 4 is 5.97 Å². The summed E-state index contributed by atoms with van der Waals surface area (Å²) < 4.78 is 0. The molecule has 3 N–H and O–H groups in total. The summed E-state index contributed by atoms with van der Waals surface area (Å²) in [5.74, 6) is 1.84. The Labute approximate surface area is 189 Å². The third-order valence-corrected chi connectivity index (χ3v) is 11.8. The second kappa shape index (κ2) is 8.01. The van der Waals surface area contributed by atoms with E-state index in [-0.39, 0.29) is 40.8 Å². The first-order chi connectivity index (χ1) is 14.5. The molecule has 4 aliphatic rings. The van der Waals surface area contributed by atoms with Gasteiger partial charge in [0.05, 0.1) is 12.2 Å². The molecule has 11 atom stereocenters. The average Bonchev–Trinajstić information content (AvgIpc) is 2.99. The van der Waals surface area contributed by atoms with Gasteiger partial charge in [0.25, 0.3) is 0 Å².